The first kappa shape index (κ1) is 33.8. The van der Waals surface area contributed by atoms with Crippen LogP contribution < -0.4 is 0 Å². The minimum absolute atomic E-state index is 1.16. The summed E-state index contributed by atoms with van der Waals surface area (Å²) in [7, 11) is 0. The van der Waals surface area contributed by atoms with Gasteiger partial charge in [-0.05, 0) is 109 Å². The molecule has 276 valence electrons. The molecule has 0 atom stereocenters. The SMILES string of the molecule is Cc1ccc(-c2c3ccccc3c(-c3ccc(-c4ccc(-n5c6ccccc6c6cc(-c7cccc8c7sc7ccccc78)ccc65)cc4)cc3)c3ccccc23)cc1. The van der Waals surface area contributed by atoms with Gasteiger partial charge in [0.2, 0.25) is 0 Å². The highest BCUT2D eigenvalue weighted by Gasteiger charge is 2.18. The van der Waals surface area contributed by atoms with Gasteiger partial charge in [0, 0.05) is 36.6 Å². The van der Waals surface area contributed by atoms with Crippen LogP contribution in [0.15, 0.2) is 206 Å². The summed E-state index contributed by atoms with van der Waals surface area (Å²) < 4.78 is 5.09. The Morgan fingerprint density at radius 1 is 0.339 bits per heavy atom. The van der Waals surface area contributed by atoms with Crippen molar-refractivity contribution < 1.29 is 0 Å². The van der Waals surface area contributed by atoms with Crippen molar-refractivity contribution in [3.05, 3.63) is 212 Å². The molecule has 0 radical (unpaired) electrons. The molecule has 2 heteroatoms. The van der Waals surface area contributed by atoms with E-state index in [-0.39, 0.29) is 0 Å². The van der Waals surface area contributed by atoms with Crippen LogP contribution in [0.2, 0.25) is 0 Å². The number of benzene rings is 10. The van der Waals surface area contributed by atoms with Crippen LogP contribution in [-0.4, -0.2) is 4.57 Å². The van der Waals surface area contributed by atoms with Gasteiger partial charge in [-0.15, -0.1) is 11.3 Å². The Labute approximate surface area is 346 Å². The van der Waals surface area contributed by atoms with Crippen LogP contribution in [-0.2, 0) is 0 Å². The van der Waals surface area contributed by atoms with Crippen molar-refractivity contribution >= 4 is 74.9 Å². The molecule has 12 aromatic rings. The van der Waals surface area contributed by atoms with E-state index in [0.29, 0.717) is 0 Å². The molecule has 0 N–H and O–H groups in total. The zero-order valence-electron chi connectivity index (χ0n) is 32.5. The van der Waals surface area contributed by atoms with Gasteiger partial charge in [-0.1, -0.05) is 175 Å². The summed E-state index contributed by atoms with van der Waals surface area (Å²) in [6.45, 7) is 2.15. The maximum absolute atomic E-state index is 2.41. The molecule has 10 aromatic carbocycles. The van der Waals surface area contributed by atoms with E-state index in [1.54, 1.807) is 0 Å². The molecule has 59 heavy (non-hydrogen) atoms. The fourth-order valence-corrected chi connectivity index (χ4v) is 10.7. The summed E-state index contributed by atoms with van der Waals surface area (Å²) in [6, 6.07) is 76.2. The van der Waals surface area contributed by atoms with Crippen molar-refractivity contribution in [2.24, 2.45) is 0 Å². The number of hydrogen-bond donors (Lipinski definition) is 0. The summed E-state index contributed by atoms with van der Waals surface area (Å²) in [5.41, 5.74) is 14.8. The molecular weight excluding hydrogens is 731 g/mol. The lowest BCUT2D eigenvalue weighted by Gasteiger charge is -2.18. The number of rotatable bonds is 5. The van der Waals surface area contributed by atoms with Gasteiger partial charge in [0.1, 0.15) is 0 Å². The highest BCUT2D eigenvalue weighted by atomic mass is 32.1. The van der Waals surface area contributed by atoms with E-state index in [1.807, 2.05) is 11.3 Å². The van der Waals surface area contributed by atoms with E-state index in [0.717, 1.165) is 5.69 Å². The third-order valence-electron chi connectivity index (χ3n) is 12.3. The van der Waals surface area contributed by atoms with Crippen LogP contribution in [0.3, 0.4) is 0 Å². The normalized spacial score (nSPS) is 11.8. The minimum atomic E-state index is 1.16. The number of aryl methyl sites for hydroxylation is 1. The zero-order chi connectivity index (χ0) is 39.0. The minimum Gasteiger partial charge on any atom is -0.309 e. The van der Waals surface area contributed by atoms with Gasteiger partial charge in [0.15, 0.2) is 0 Å². The third kappa shape index (κ3) is 5.38. The van der Waals surface area contributed by atoms with Gasteiger partial charge in [0.25, 0.3) is 0 Å². The van der Waals surface area contributed by atoms with Crippen molar-refractivity contribution in [2.75, 3.05) is 0 Å². The van der Waals surface area contributed by atoms with Gasteiger partial charge < -0.3 is 4.57 Å². The first-order chi connectivity index (χ1) is 29.2. The van der Waals surface area contributed by atoms with Gasteiger partial charge in [-0.3, -0.25) is 0 Å². The van der Waals surface area contributed by atoms with Gasteiger partial charge in [-0.25, -0.2) is 0 Å². The average molecular weight is 768 g/mol. The fraction of sp³-hybridized carbons (Fsp3) is 0.0175. The Morgan fingerprint density at radius 2 is 0.814 bits per heavy atom. The van der Waals surface area contributed by atoms with E-state index in [1.165, 1.54) is 114 Å². The summed E-state index contributed by atoms with van der Waals surface area (Å²) in [5, 5.41) is 10.3. The van der Waals surface area contributed by atoms with Gasteiger partial charge in [0.05, 0.1) is 11.0 Å². The van der Waals surface area contributed by atoms with Crippen LogP contribution in [0, 0.1) is 6.92 Å². The molecule has 0 amide bonds. The number of para-hydroxylation sites is 1. The van der Waals surface area contributed by atoms with E-state index >= 15 is 0 Å². The van der Waals surface area contributed by atoms with E-state index in [2.05, 4.69) is 218 Å². The molecule has 0 saturated heterocycles. The van der Waals surface area contributed by atoms with Crippen LogP contribution in [0.5, 0.6) is 0 Å². The van der Waals surface area contributed by atoms with Crippen molar-refractivity contribution in [1.82, 2.24) is 4.57 Å². The second-order valence-corrected chi connectivity index (χ2v) is 16.7. The quantitative estimate of drug-likeness (QED) is 0.154. The Kier molecular flexibility index (Phi) is 7.69. The van der Waals surface area contributed by atoms with Gasteiger partial charge >= 0.3 is 0 Å². The summed E-state index contributed by atoms with van der Waals surface area (Å²) in [6.07, 6.45) is 0. The maximum Gasteiger partial charge on any atom is 0.0541 e. The summed E-state index contributed by atoms with van der Waals surface area (Å²) >= 11 is 1.89. The Balaban J connectivity index is 0.921. The molecule has 2 aromatic heterocycles. The first-order valence-corrected chi connectivity index (χ1v) is 21.2. The number of aromatic nitrogens is 1. The Hall–Kier alpha value is -7.26. The lowest BCUT2D eigenvalue weighted by Crippen LogP contribution is -1.94. The summed E-state index contributed by atoms with van der Waals surface area (Å²) in [5.74, 6) is 0. The van der Waals surface area contributed by atoms with Crippen molar-refractivity contribution in [3.63, 3.8) is 0 Å². The smallest absolute Gasteiger partial charge is 0.0541 e. The zero-order valence-corrected chi connectivity index (χ0v) is 33.3. The third-order valence-corrected chi connectivity index (χ3v) is 13.5. The highest BCUT2D eigenvalue weighted by Crippen LogP contribution is 2.45. The van der Waals surface area contributed by atoms with Crippen molar-refractivity contribution in [1.29, 1.82) is 0 Å². The number of fused-ring (bicyclic) bond motifs is 8. The molecule has 0 spiro atoms. The molecule has 0 bridgehead atoms. The van der Waals surface area contributed by atoms with Crippen LogP contribution in [0.4, 0.5) is 0 Å². The van der Waals surface area contributed by atoms with Crippen LogP contribution >= 0.6 is 11.3 Å². The molecule has 1 nitrogen and oxygen atoms in total. The number of hydrogen-bond acceptors (Lipinski definition) is 1. The fourth-order valence-electron chi connectivity index (χ4n) is 9.50. The molecule has 2 heterocycles. The lowest BCUT2D eigenvalue weighted by atomic mass is 9.85. The molecule has 0 aliphatic heterocycles. The standard InChI is InChI=1S/C57H37NS/c1-36-21-23-39(24-22-36)55-46-13-2-4-15-48(46)56(49-16-5-3-14-47(49)55)40-27-25-37(26-28-40)38-29-32-42(33-30-38)58-52-19-8-6-11-44(52)51-35-41(31-34-53(51)58)43-17-10-18-50-45-12-7-9-20-54(45)59-57(43)50/h2-35H,1H3. The predicted octanol–water partition coefficient (Wildman–Crippen LogP) is 16.4. The van der Waals surface area contributed by atoms with E-state index < -0.39 is 0 Å². The van der Waals surface area contributed by atoms with Crippen molar-refractivity contribution in [3.8, 4) is 50.2 Å². The van der Waals surface area contributed by atoms with E-state index in [9.17, 15) is 0 Å². The average Bonchev–Trinajstić information content (AvgIpc) is 3.84. The molecule has 0 unspecified atom stereocenters. The molecular formula is C57H37NS. The van der Waals surface area contributed by atoms with E-state index in [4.69, 9.17) is 0 Å². The van der Waals surface area contributed by atoms with Gasteiger partial charge in [-0.2, -0.15) is 0 Å². The maximum atomic E-state index is 2.41. The Bertz CT molecular complexity index is 3530. The second kappa shape index (κ2) is 13.4. The molecule has 0 aliphatic rings. The largest absolute Gasteiger partial charge is 0.309 e. The highest BCUT2D eigenvalue weighted by molar-refractivity contribution is 7.26. The molecule has 0 fully saturated rings. The lowest BCUT2D eigenvalue weighted by molar-refractivity contribution is 1.18. The first-order valence-electron chi connectivity index (χ1n) is 20.3. The predicted molar refractivity (Wildman–Crippen MR) is 255 cm³/mol. The topological polar surface area (TPSA) is 4.93 Å². The van der Waals surface area contributed by atoms with Crippen LogP contribution in [0.1, 0.15) is 5.56 Å². The molecule has 0 saturated carbocycles. The molecule has 0 aliphatic carbocycles. The monoisotopic (exact) mass is 767 g/mol. The van der Waals surface area contributed by atoms with Crippen LogP contribution in [0.25, 0.3) is 114 Å². The molecule has 12 rings (SSSR count). The number of thiophene rings is 1. The Morgan fingerprint density at radius 3 is 1.46 bits per heavy atom. The second-order valence-electron chi connectivity index (χ2n) is 15.7. The van der Waals surface area contributed by atoms with Crippen molar-refractivity contribution in [2.45, 2.75) is 6.92 Å². The summed E-state index contributed by atoms with van der Waals surface area (Å²) in [4.78, 5) is 0. The number of nitrogens with zero attached hydrogens (tertiary/aromatic N) is 1.